The Morgan fingerprint density at radius 3 is 2.94 bits per heavy atom. The third kappa shape index (κ3) is 5.39. The molecule has 1 heterocycles. The van der Waals surface area contributed by atoms with Crippen LogP contribution in [-0.2, 0) is 0 Å². The Labute approximate surface area is 109 Å². The molecule has 0 bridgehead atoms. The van der Waals surface area contributed by atoms with E-state index < -0.39 is 0 Å². The Balaban J connectivity index is 2.09. The maximum absolute atomic E-state index is 8.62. The van der Waals surface area contributed by atoms with Crippen LogP contribution in [0.25, 0.3) is 0 Å². The van der Waals surface area contributed by atoms with E-state index in [1.165, 1.54) is 0 Å². The van der Waals surface area contributed by atoms with Crippen LogP contribution in [0.1, 0.15) is 25.1 Å². The molecule has 1 rings (SSSR count). The van der Waals surface area contributed by atoms with Gasteiger partial charge in [-0.1, -0.05) is 0 Å². The first kappa shape index (κ1) is 14.1. The van der Waals surface area contributed by atoms with E-state index in [1.807, 2.05) is 23.9 Å². The molecule has 0 fully saturated rings. The third-order valence-electron chi connectivity index (χ3n) is 2.16. The molecule has 0 aliphatic carbocycles. The minimum atomic E-state index is 0.241. The van der Waals surface area contributed by atoms with Gasteiger partial charge in [0, 0.05) is 18.9 Å². The number of aliphatic hydroxyl groups excluding tert-OH is 1. The van der Waals surface area contributed by atoms with Crippen LogP contribution in [0.15, 0.2) is 21.2 Å². The van der Waals surface area contributed by atoms with Gasteiger partial charge in [-0.15, -0.1) is 0 Å². The molecule has 0 radical (unpaired) electrons. The summed E-state index contributed by atoms with van der Waals surface area (Å²) in [6.07, 6.45) is 0.880. The summed E-state index contributed by atoms with van der Waals surface area (Å²) in [6, 6.07) is 4.12. The average molecular weight is 308 g/mol. The molecule has 5 heteroatoms. The molecule has 0 amide bonds. The van der Waals surface area contributed by atoms with E-state index in [0.29, 0.717) is 0 Å². The van der Waals surface area contributed by atoms with E-state index in [1.54, 1.807) is 0 Å². The molecule has 0 saturated carbocycles. The Morgan fingerprint density at radius 1 is 1.50 bits per heavy atom. The number of thioether (sulfide) groups is 1. The fourth-order valence-electron chi connectivity index (χ4n) is 1.28. The van der Waals surface area contributed by atoms with E-state index in [9.17, 15) is 0 Å². The van der Waals surface area contributed by atoms with Gasteiger partial charge in [-0.2, -0.15) is 11.8 Å². The highest BCUT2D eigenvalue weighted by atomic mass is 79.9. The second kappa shape index (κ2) is 8.17. The SMILES string of the molecule is CC(NCCSCCCO)c1ccc(Br)o1. The molecule has 92 valence electrons. The van der Waals surface area contributed by atoms with Crippen LogP contribution in [-0.4, -0.2) is 29.8 Å². The summed E-state index contributed by atoms with van der Waals surface area (Å²) in [5.74, 6) is 3.04. The van der Waals surface area contributed by atoms with Crippen molar-refractivity contribution in [3.8, 4) is 0 Å². The Hall–Kier alpha value is 0.0300. The molecular weight excluding hydrogens is 290 g/mol. The summed E-state index contributed by atoms with van der Waals surface area (Å²) >= 11 is 5.15. The second-order valence-electron chi connectivity index (χ2n) is 3.51. The van der Waals surface area contributed by atoms with Crippen LogP contribution in [0, 0.1) is 0 Å². The van der Waals surface area contributed by atoms with Crippen molar-refractivity contribution >= 4 is 27.7 Å². The maximum atomic E-state index is 8.62. The highest BCUT2D eigenvalue weighted by Gasteiger charge is 2.08. The number of rotatable bonds is 8. The number of nitrogens with one attached hydrogen (secondary N) is 1. The van der Waals surface area contributed by atoms with Crippen LogP contribution in [0.2, 0.25) is 0 Å². The number of hydrogen-bond acceptors (Lipinski definition) is 4. The molecule has 1 unspecified atom stereocenters. The van der Waals surface area contributed by atoms with Crippen LogP contribution >= 0.6 is 27.7 Å². The van der Waals surface area contributed by atoms with Gasteiger partial charge in [-0.25, -0.2) is 0 Å². The van der Waals surface area contributed by atoms with Gasteiger partial charge in [0.2, 0.25) is 0 Å². The van der Waals surface area contributed by atoms with E-state index in [2.05, 4.69) is 28.2 Å². The van der Waals surface area contributed by atoms with Gasteiger partial charge in [-0.3, -0.25) is 0 Å². The van der Waals surface area contributed by atoms with Crippen LogP contribution in [0.5, 0.6) is 0 Å². The van der Waals surface area contributed by atoms with Crippen LogP contribution < -0.4 is 5.32 Å². The van der Waals surface area contributed by atoms with Crippen molar-refractivity contribution < 1.29 is 9.52 Å². The maximum Gasteiger partial charge on any atom is 0.169 e. The predicted molar refractivity (Wildman–Crippen MR) is 71.9 cm³/mol. The second-order valence-corrected chi connectivity index (χ2v) is 5.51. The van der Waals surface area contributed by atoms with Crippen molar-refractivity contribution in [1.29, 1.82) is 0 Å². The van der Waals surface area contributed by atoms with Crippen molar-refractivity contribution in [2.24, 2.45) is 0 Å². The molecule has 3 nitrogen and oxygen atoms in total. The fourth-order valence-corrected chi connectivity index (χ4v) is 2.40. The Bertz CT molecular complexity index is 293. The van der Waals surface area contributed by atoms with Crippen molar-refractivity contribution in [2.75, 3.05) is 24.7 Å². The lowest BCUT2D eigenvalue weighted by Gasteiger charge is -2.10. The molecule has 0 aliphatic rings. The van der Waals surface area contributed by atoms with Gasteiger partial charge in [0.25, 0.3) is 0 Å². The standard InChI is InChI=1S/C11H18BrNO2S/c1-9(10-3-4-11(12)15-10)13-5-8-16-7-2-6-14/h3-4,9,13-14H,2,5-8H2,1H3. The van der Waals surface area contributed by atoms with Crippen LogP contribution in [0.3, 0.4) is 0 Å². The normalized spacial score (nSPS) is 12.9. The largest absolute Gasteiger partial charge is 0.453 e. The van der Waals surface area contributed by atoms with Gasteiger partial charge < -0.3 is 14.8 Å². The fraction of sp³-hybridized carbons (Fsp3) is 0.636. The molecular formula is C11H18BrNO2S. The van der Waals surface area contributed by atoms with Gasteiger partial charge in [0.1, 0.15) is 5.76 Å². The summed E-state index contributed by atoms with van der Waals surface area (Å²) < 4.78 is 6.23. The third-order valence-corrected chi connectivity index (χ3v) is 3.66. The van der Waals surface area contributed by atoms with Gasteiger partial charge in [-0.05, 0) is 47.2 Å². The lowest BCUT2D eigenvalue weighted by Crippen LogP contribution is -2.21. The zero-order valence-electron chi connectivity index (χ0n) is 9.41. The summed E-state index contributed by atoms with van der Waals surface area (Å²) in [4.78, 5) is 0. The zero-order valence-corrected chi connectivity index (χ0v) is 11.8. The number of halogens is 1. The van der Waals surface area contributed by atoms with E-state index in [0.717, 1.165) is 34.9 Å². The minimum Gasteiger partial charge on any atom is -0.453 e. The number of hydrogen-bond donors (Lipinski definition) is 2. The molecule has 1 aromatic rings. The van der Waals surface area contributed by atoms with Crippen molar-refractivity contribution in [3.63, 3.8) is 0 Å². The quantitative estimate of drug-likeness (QED) is 0.725. The van der Waals surface area contributed by atoms with Gasteiger partial charge in [0.15, 0.2) is 4.67 Å². The monoisotopic (exact) mass is 307 g/mol. The van der Waals surface area contributed by atoms with Crippen molar-refractivity contribution in [3.05, 3.63) is 22.6 Å². The first-order chi connectivity index (χ1) is 7.74. The van der Waals surface area contributed by atoms with E-state index in [-0.39, 0.29) is 12.6 Å². The summed E-state index contributed by atoms with van der Waals surface area (Å²) in [6.45, 7) is 3.33. The van der Waals surface area contributed by atoms with Gasteiger partial charge in [0.05, 0.1) is 6.04 Å². The smallest absolute Gasteiger partial charge is 0.169 e. The van der Waals surface area contributed by atoms with Crippen molar-refractivity contribution in [2.45, 2.75) is 19.4 Å². The van der Waals surface area contributed by atoms with Crippen LogP contribution in [0.4, 0.5) is 0 Å². The Kier molecular flexibility index (Phi) is 7.20. The van der Waals surface area contributed by atoms with E-state index >= 15 is 0 Å². The topological polar surface area (TPSA) is 45.4 Å². The molecule has 0 aromatic carbocycles. The molecule has 0 aliphatic heterocycles. The summed E-state index contributed by atoms with van der Waals surface area (Å²) in [5, 5.41) is 12.0. The average Bonchev–Trinajstić information content (AvgIpc) is 2.70. The first-order valence-corrected chi connectivity index (χ1v) is 7.36. The lowest BCUT2D eigenvalue weighted by atomic mass is 10.2. The van der Waals surface area contributed by atoms with Crippen molar-refractivity contribution in [1.82, 2.24) is 5.32 Å². The zero-order chi connectivity index (χ0) is 11.8. The predicted octanol–water partition coefficient (Wildman–Crippen LogP) is 2.81. The minimum absolute atomic E-state index is 0.241. The first-order valence-electron chi connectivity index (χ1n) is 5.41. The van der Waals surface area contributed by atoms with Gasteiger partial charge >= 0.3 is 0 Å². The van der Waals surface area contributed by atoms with E-state index in [4.69, 9.17) is 9.52 Å². The molecule has 1 atom stereocenters. The lowest BCUT2D eigenvalue weighted by molar-refractivity contribution is 0.296. The molecule has 0 spiro atoms. The Morgan fingerprint density at radius 2 is 2.31 bits per heavy atom. The number of aliphatic hydroxyl groups is 1. The summed E-state index contributed by atoms with van der Waals surface area (Å²) in [5.41, 5.74) is 0. The molecule has 16 heavy (non-hydrogen) atoms. The highest BCUT2D eigenvalue weighted by Crippen LogP contribution is 2.19. The molecule has 0 saturated heterocycles. The number of furan rings is 1. The summed E-state index contributed by atoms with van der Waals surface area (Å²) in [7, 11) is 0. The molecule has 2 N–H and O–H groups in total. The highest BCUT2D eigenvalue weighted by molar-refractivity contribution is 9.10. The molecule has 1 aromatic heterocycles.